The van der Waals surface area contributed by atoms with Gasteiger partial charge in [-0.3, -0.25) is 10.1 Å². The van der Waals surface area contributed by atoms with Crippen molar-refractivity contribution in [2.24, 2.45) is 0 Å². The van der Waals surface area contributed by atoms with Gasteiger partial charge in [0.25, 0.3) is 5.69 Å². The molecule has 2 aromatic rings. The molecule has 1 atom stereocenters. The SMILES string of the molecule is O=[N+]([O-])c1ccccc1S(=O)(=O)N1CCCC(Oc2ncc(F)cn2)C1. The number of nitro benzene ring substituents is 1. The van der Waals surface area contributed by atoms with Gasteiger partial charge in [0.15, 0.2) is 10.7 Å². The van der Waals surface area contributed by atoms with E-state index >= 15 is 0 Å². The molecule has 0 N–H and O–H groups in total. The van der Waals surface area contributed by atoms with Crippen molar-refractivity contribution in [1.82, 2.24) is 14.3 Å². The number of halogens is 1. The molecule has 1 aromatic carbocycles. The Bertz CT molecular complexity index is 907. The second kappa shape index (κ2) is 7.30. The maximum atomic E-state index is 12.9. The Kier molecular flexibility index (Phi) is 5.09. The third-order valence-electron chi connectivity index (χ3n) is 3.89. The molecule has 0 radical (unpaired) electrons. The number of benzene rings is 1. The molecule has 1 unspecified atom stereocenters. The van der Waals surface area contributed by atoms with E-state index in [4.69, 9.17) is 4.74 Å². The van der Waals surface area contributed by atoms with Crippen LogP contribution in [0.15, 0.2) is 41.6 Å². The number of hydrogen-bond donors (Lipinski definition) is 0. The summed E-state index contributed by atoms with van der Waals surface area (Å²) in [5, 5.41) is 11.1. The van der Waals surface area contributed by atoms with E-state index in [2.05, 4.69) is 9.97 Å². The number of ether oxygens (including phenoxy) is 1. The fraction of sp³-hybridized carbons (Fsp3) is 0.333. The first-order valence-electron chi connectivity index (χ1n) is 7.75. The van der Waals surface area contributed by atoms with Gasteiger partial charge in [-0.2, -0.15) is 4.31 Å². The van der Waals surface area contributed by atoms with Crippen LogP contribution in [0.2, 0.25) is 0 Å². The summed E-state index contributed by atoms with van der Waals surface area (Å²) in [6, 6.07) is 5.15. The summed E-state index contributed by atoms with van der Waals surface area (Å²) >= 11 is 0. The molecule has 0 saturated carbocycles. The highest BCUT2D eigenvalue weighted by molar-refractivity contribution is 7.89. The van der Waals surface area contributed by atoms with Crippen molar-refractivity contribution >= 4 is 15.7 Å². The summed E-state index contributed by atoms with van der Waals surface area (Å²) in [6.07, 6.45) is 2.43. The highest BCUT2D eigenvalue weighted by Crippen LogP contribution is 2.28. The summed E-state index contributed by atoms with van der Waals surface area (Å²) in [4.78, 5) is 17.4. The van der Waals surface area contributed by atoms with Crippen LogP contribution in [0.25, 0.3) is 0 Å². The highest BCUT2D eigenvalue weighted by Gasteiger charge is 2.35. The van der Waals surface area contributed by atoms with Crippen molar-refractivity contribution in [2.75, 3.05) is 13.1 Å². The molecule has 0 bridgehead atoms. The molecule has 2 heterocycles. The molecule has 138 valence electrons. The van der Waals surface area contributed by atoms with E-state index in [1.54, 1.807) is 0 Å². The number of sulfonamides is 1. The standard InChI is InChI=1S/C15H15FN4O5S/c16-11-8-17-15(18-9-11)25-12-4-3-7-19(10-12)26(23,24)14-6-2-1-5-13(14)20(21)22/h1-2,5-6,8-9,12H,3-4,7,10H2. The minimum absolute atomic E-state index is 0.00484. The number of hydrogen-bond acceptors (Lipinski definition) is 7. The molecule has 1 aliphatic heterocycles. The number of piperidine rings is 1. The second-order valence-corrected chi connectivity index (χ2v) is 7.56. The van der Waals surface area contributed by atoms with Crippen LogP contribution in [-0.4, -0.2) is 46.8 Å². The summed E-state index contributed by atoms with van der Waals surface area (Å²) in [6.45, 7) is 0.216. The predicted molar refractivity (Wildman–Crippen MR) is 87.5 cm³/mol. The minimum Gasteiger partial charge on any atom is -0.459 e. The largest absolute Gasteiger partial charge is 0.459 e. The Morgan fingerprint density at radius 2 is 1.96 bits per heavy atom. The van der Waals surface area contributed by atoms with Gasteiger partial charge < -0.3 is 4.74 Å². The molecular weight excluding hydrogens is 367 g/mol. The van der Waals surface area contributed by atoms with E-state index in [1.165, 1.54) is 18.2 Å². The van der Waals surface area contributed by atoms with Crippen LogP contribution in [-0.2, 0) is 10.0 Å². The normalized spacial score (nSPS) is 18.4. The zero-order valence-corrected chi connectivity index (χ0v) is 14.3. The Morgan fingerprint density at radius 3 is 2.65 bits per heavy atom. The third kappa shape index (κ3) is 3.78. The van der Waals surface area contributed by atoms with E-state index in [0.717, 1.165) is 22.8 Å². The Morgan fingerprint density at radius 1 is 1.27 bits per heavy atom. The first kappa shape index (κ1) is 18.1. The fourth-order valence-electron chi connectivity index (χ4n) is 2.70. The number of para-hydroxylation sites is 1. The predicted octanol–water partition coefficient (Wildman–Crippen LogP) is 1.76. The zero-order valence-electron chi connectivity index (χ0n) is 13.5. The summed E-state index contributed by atoms with van der Waals surface area (Å²) in [5.41, 5.74) is -0.475. The van der Waals surface area contributed by atoms with Crippen molar-refractivity contribution in [3.05, 3.63) is 52.6 Å². The molecule has 26 heavy (non-hydrogen) atoms. The topological polar surface area (TPSA) is 116 Å². The minimum atomic E-state index is -4.06. The van der Waals surface area contributed by atoms with Gasteiger partial charge in [0.05, 0.1) is 23.9 Å². The van der Waals surface area contributed by atoms with E-state index < -0.39 is 32.6 Å². The van der Waals surface area contributed by atoms with Gasteiger partial charge in [0.2, 0.25) is 10.0 Å². The smallest absolute Gasteiger partial charge is 0.316 e. The molecule has 11 heteroatoms. The van der Waals surface area contributed by atoms with Gasteiger partial charge in [0.1, 0.15) is 6.10 Å². The Balaban J connectivity index is 1.80. The van der Waals surface area contributed by atoms with Crippen LogP contribution in [0, 0.1) is 15.9 Å². The van der Waals surface area contributed by atoms with Crippen LogP contribution in [0.5, 0.6) is 6.01 Å². The van der Waals surface area contributed by atoms with Gasteiger partial charge in [0, 0.05) is 12.6 Å². The lowest BCUT2D eigenvalue weighted by Gasteiger charge is -2.31. The molecule has 1 aromatic heterocycles. The van der Waals surface area contributed by atoms with Gasteiger partial charge in [-0.15, -0.1) is 0 Å². The number of rotatable bonds is 5. The third-order valence-corrected chi connectivity index (χ3v) is 5.80. The van der Waals surface area contributed by atoms with Crippen LogP contribution < -0.4 is 4.74 Å². The lowest BCUT2D eigenvalue weighted by Crippen LogP contribution is -2.44. The lowest BCUT2D eigenvalue weighted by atomic mass is 10.1. The van der Waals surface area contributed by atoms with E-state index in [1.807, 2.05) is 0 Å². The molecule has 0 aliphatic carbocycles. The van der Waals surface area contributed by atoms with Crippen molar-refractivity contribution in [3.63, 3.8) is 0 Å². The van der Waals surface area contributed by atoms with Crippen LogP contribution in [0.4, 0.5) is 10.1 Å². The van der Waals surface area contributed by atoms with Crippen LogP contribution in [0.1, 0.15) is 12.8 Å². The second-order valence-electron chi connectivity index (χ2n) is 5.65. The van der Waals surface area contributed by atoms with E-state index in [-0.39, 0.29) is 24.0 Å². The first-order valence-corrected chi connectivity index (χ1v) is 9.19. The first-order chi connectivity index (χ1) is 12.4. The van der Waals surface area contributed by atoms with Gasteiger partial charge in [-0.05, 0) is 18.9 Å². The van der Waals surface area contributed by atoms with Crippen molar-refractivity contribution in [1.29, 1.82) is 0 Å². The highest BCUT2D eigenvalue weighted by atomic mass is 32.2. The van der Waals surface area contributed by atoms with Crippen LogP contribution >= 0.6 is 0 Å². The molecule has 0 spiro atoms. The molecule has 0 amide bonds. The molecule has 1 saturated heterocycles. The molecule has 3 rings (SSSR count). The molecular formula is C15H15FN4O5S. The molecule has 1 fully saturated rings. The summed E-state index contributed by atoms with van der Waals surface area (Å²) < 4.78 is 45.2. The Hall–Kier alpha value is -2.66. The number of nitro groups is 1. The zero-order chi connectivity index (χ0) is 18.7. The average Bonchev–Trinajstić information content (AvgIpc) is 2.64. The lowest BCUT2D eigenvalue weighted by molar-refractivity contribution is -0.387. The van der Waals surface area contributed by atoms with Crippen molar-refractivity contribution in [2.45, 2.75) is 23.8 Å². The molecule has 1 aliphatic rings. The quantitative estimate of drug-likeness (QED) is 0.571. The Labute approximate surface area is 148 Å². The van der Waals surface area contributed by atoms with E-state index in [0.29, 0.717) is 12.8 Å². The van der Waals surface area contributed by atoms with E-state index in [9.17, 15) is 22.9 Å². The fourth-order valence-corrected chi connectivity index (χ4v) is 4.36. The monoisotopic (exact) mass is 382 g/mol. The summed E-state index contributed by atoms with van der Waals surface area (Å²) in [5.74, 6) is -0.610. The maximum absolute atomic E-state index is 12.9. The van der Waals surface area contributed by atoms with Crippen molar-refractivity contribution in [3.8, 4) is 6.01 Å². The molecule has 9 nitrogen and oxygen atoms in total. The van der Waals surface area contributed by atoms with Crippen LogP contribution in [0.3, 0.4) is 0 Å². The van der Waals surface area contributed by atoms with Gasteiger partial charge >= 0.3 is 6.01 Å². The van der Waals surface area contributed by atoms with Gasteiger partial charge in [-0.25, -0.2) is 22.8 Å². The number of aromatic nitrogens is 2. The number of nitrogens with zero attached hydrogens (tertiary/aromatic N) is 4. The van der Waals surface area contributed by atoms with Crippen molar-refractivity contribution < 1.29 is 22.5 Å². The average molecular weight is 382 g/mol. The van der Waals surface area contributed by atoms with Gasteiger partial charge in [-0.1, -0.05) is 12.1 Å². The summed E-state index contributed by atoms with van der Waals surface area (Å²) in [7, 11) is -4.06. The maximum Gasteiger partial charge on any atom is 0.316 e.